The molecule has 0 atom stereocenters. The second kappa shape index (κ2) is 5.73. The number of halogens is 2. The minimum atomic E-state index is -0.567. The molecule has 0 bridgehead atoms. The Morgan fingerprint density at radius 2 is 2.10 bits per heavy atom. The summed E-state index contributed by atoms with van der Waals surface area (Å²) in [6.45, 7) is 6.14. The van der Waals surface area contributed by atoms with Crippen molar-refractivity contribution in [3.8, 4) is 0 Å². The summed E-state index contributed by atoms with van der Waals surface area (Å²) in [6.07, 6.45) is 0. The number of nitrogen functional groups attached to an aromatic ring is 1. The van der Waals surface area contributed by atoms with Gasteiger partial charge in [-0.1, -0.05) is 20.8 Å². The molecular formula is C14H15BrFN3OS. The number of nitrogens with one attached hydrogen (secondary N) is 1. The lowest BCUT2D eigenvalue weighted by molar-refractivity contribution is 0.102. The number of hydrogen-bond donors (Lipinski definition) is 2. The van der Waals surface area contributed by atoms with Crippen molar-refractivity contribution in [2.45, 2.75) is 26.2 Å². The van der Waals surface area contributed by atoms with E-state index in [-0.39, 0.29) is 22.6 Å². The molecule has 1 aromatic carbocycles. The number of carbonyl (C=O) groups is 1. The fraction of sp³-hybridized carbons (Fsp3) is 0.286. The largest absolute Gasteiger partial charge is 0.396 e. The normalized spacial score (nSPS) is 11.5. The summed E-state index contributed by atoms with van der Waals surface area (Å²) < 4.78 is 13.6. The summed E-state index contributed by atoms with van der Waals surface area (Å²) in [5.74, 6) is -0.953. The molecule has 0 aliphatic heterocycles. The van der Waals surface area contributed by atoms with Gasteiger partial charge < -0.3 is 5.73 Å². The van der Waals surface area contributed by atoms with Crippen molar-refractivity contribution < 1.29 is 9.18 Å². The highest BCUT2D eigenvalue weighted by molar-refractivity contribution is 9.10. The molecule has 3 N–H and O–H groups in total. The molecule has 4 nitrogen and oxygen atoms in total. The third-order valence-corrected chi connectivity index (χ3v) is 4.24. The van der Waals surface area contributed by atoms with Gasteiger partial charge in [0, 0.05) is 15.3 Å². The van der Waals surface area contributed by atoms with E-state index in [0.29, 0.717) is 9.60 Å². The van der Waals surface area contributed by atoms with E-state index >= 15 is 0 Å². The van der Waals surface area contributed by atoms with Crippen LogP contribution < -0.4 is 11.1 Å². The second-order valence-electron chi connectivity index (χ2n) is 5.60. The van der Waals surface area contributed by atoms with E-state index in [1.807, 2.05) is 26.2 Å². The number of hydrogen-bond acceptors (Lipinski definition) is 4. The second-order valence-corrected chi connectivity index (χ2v) is 7.31. The summed E-state index contributed by atoms with van der Waals surface area (Å²) in [7, 11) is 0. The van der Waals surface area contributed by atoms with Gasteiger partial charge in [0.25, 0.3) is 5.91 Å². The van der Waals surface area contributed by atoms with Crippen molar-refractivity contribution in [3.63, 3.8) is 0 Å². The van der Waals surface area contributed by atoms with Crippen LogP contribution in [0, 0.1) is 5.82 Å². The van der Waals surface area contributed by atoms with Gasteiger partial charge in [0.15, 0.2) is 5.13 Å². The molecular weight excluding hydrogens is 357 g/mol. The lowest BCUT2D eigenvalue weighted by atomic mass is 9.93. The predicted molar refractivity (Wildman–Crippen MR) is 87.3 cm³/mol. The average molecular weight is 372 g/mol. The molecule has 0 unspecified atom stereocenters. The molecule has 1 aromatic heterocycles. The summed E-state index contributed by atoms with van der Waals surface area (Å²) in [5, 5.41) is 5.10. The molecule has 1 heterocycles. The van der Waals surface area contributed by atoms with Gasteiger partial charge in [0.2, 0.25) is 0 Å². The number of carbonyl (C=O) groups excluding carboxylic acids is 1. The highest BCUT2D eigenvalue weighted by Crippen LogP contribution is 2.28. The first-order valence-corrected chi connectivity index (χ1v) is 7.87. The molecule has 21 heavy (non-hydrogen) atoms. The van der Waals surface area contributed by atoms with Gasteiger partial charge in [-0.15, -0.1) is 11.3 Å². The van der Waals surface area contributed by atoms with Crippen molar-refractivity contribution in [1.82, 2.24) is 4.98 Å². The monoisotopic (exact) mass is 371 g/mol. The first-order valence-electron chi connectivity index (χ1n) is 6.20. The number of benzene rings is 1. The molecule has 0 aliphatic carbocycles. The maximum Gasteiger partial charge on any atom is 0.258 e. The molecule has 0 radical (unpaired) electrons. The topological polar surface area (TPSA) is 68.0 Å². The van der Waals surface area contributed by atoms with E-state index in [0.717, 1.165) is 5.69 Å². The standard InChI is InChI=1S/C14H15BrFN3OS/c1-14(2,3)11-6-21-13(18-11)19-12(20)7-4-10(17)9(16)5-8(7)15/h4-6H,17H2,1-3H3,(H,18,19,20). The van der Waals surface area contributed by atoms with Crippen molar-refractivity contribution in [2.24, 2.45) is 0 Å². The Morgan fingerprint density at radius 3 is 2.67 bits per heavy atom. The first kappa shape index (κ1) is 15.9. The van der Waals surface area contributed by atoms with Crippen LogP contribution in [-0.4, -0.2) is 10.9 Å². The molecule has 0 aliphatic rings. The zero-order valence-corrected chi connectivity index (χ0v) is 14.2. The van der Waals surface area contributed by atoms with Gasteiger partial charge in [0.1, 0.15) is 5.82 Å². The molecule has 0 spiro atoms. The minimum Gasteiger partial charge on any atom is -0.396 e. The van der Waals surface area contributed by atoms with Crippen LogP contribution in [-0.2, 0) is 5.41 Å². The van der Waals surface area contributed by atoms with E-state index in [4.69, 9.17) is 5.73 Å². The number of nitrogens with zero attached hydrogens (tertiary/aromatic N) is 1. The quantitative estimate of drug-likeness (QED) is 0.778. The van der Waals surface area contributed by atoms with Crippen molar-refractivity contribution in [1.29, 1.82) is 0 Å². The van der Waals surface area contributed by atoms with Crippen molar-refractivity contribution >= 4 is 44.0 Å². The summed E-state index contributed by atoms with van der Waals surface area (Å²) in [6, 6.07) is 2.47. The van der Waals surface area contributed by atoms with E-state index in [1.54, 1.807) is 0 Å². The fourth-order valence-corrected chi connectivity index (χ4v) is 3.01. The lowest BCUT2D eigenvalue weighted by Crippen LogP contribution is -2.15. The van der Waals surface area contributed by atoms with Crippen LogP contribution >= 0.6 is 27.3 Å². The molecule has 0 saturated heterocycles. The molecule has 2 aromatic rings. The Hall–Kier alpha value is -1.47. The summed E-state index contributed by atoms with van der Waals surface area (Å²) >= 11 is 4.51. The highest BCUT2D eigenvalue weighted by atomic mass is 79.9. The van der Waals surface area contributed by atoms with E-state index in [2.05, 4.69) is 26.2 Å². The molecule has 2 rings (SSSR count). The Kier molecular flexibility index (Phi) is 4.34. The van der Waals surface area contributed by atoms with Crippen LogP contribution in [0.15, 0.2) is 22.0 Å². The molecule has 1 amide bonds. The molecule has 7 heteroatoms. The molecule has 0 fully saturated rings. The van der Waals surface area contributed by atoms with Crippen molar-refractivity contribution in [3.05, 3.63) is 39.1 Å². The molecule has 0 saturated carbocycles. The summed E-state index contributed by atoms with van der Waals surface area (Å²) in [5.41, 5.74) is 6.51. The van der Waals surface area contributed by atoms with Gasteiger partial charge in [-0.3, -0.25) is 10.1 Å². The first-order chi connectivity index (χ1) is 9.68. The lowest BCUT2D eigenvalue weighted by Gasteiger charge is -2.14. The van der Waals surface area contributed by atoms with Gasteiger partial charge in [-0.25, -0.2) is 9.37 Å². The SMILES string of the molecule is CC(C)(C)c1csc(NC(=O)c2cc(N)c(F)cc2Br)n1. The zero-order valence-electron chi connectivity index (χ0n) is 11.8. The van der Waals surface area contributed by atoms with Gasteiger partial charge >= 0.3 is 0 Å². The number of nitrogens with two attached hydrogens (primary N) is 1. The number of rotatable bonds is 2. The van der Waals surface area contributed by atoms with Gasteiger partial charge in [-0.05, 0) is 28.1 Å². The minimum absolute atomic E-state index is 0.0714. The van der Waals surface area contributed by atoms with Crippen LogP contribution in [0.25, 0.3) is 0 Å². The maximum atomic E-state index is 13.3. The van der Waals surface area contributed by atoms with E-state index in [1.165, 1.54) is 23.5 Å². The number of amides is 1. The average Bonchev–Trinajstić information content (AvgIpc) is 2.82. The van der Waals surface area contributed by atoms with Crippen molar-refractivity contribution in [2.75, 3.05) is 11.1 Å². The van der Waals surface area contributed by atoms with Crippen LogP contribution in [0.3, 0.4) is 0 Å². The Labute approximate surface area is 134 Å². The number of anilines is 2. The maximum absolute atomic E-state index is 13.3. The zero-order chi connectivity index (χ0) is 15.8. The molecule has 112 valence electrons. The Bertz CT molecular complexity index is 694. The Balaban J connectivity index is 2.22. The van der Waals surface area contributed by atoms with Gasteiger partial charge in [-0.2, -0.15) is 0 Å². The number of thiazole rings is 1. The number of aromatic nitrogens is 1. The summed E-state index contributed by atoms with van der Waals surface area (Å²) in [4.78, 5) is 16.6. The van der Waals surface area contributed by atoms with Crippen LogP contribution in [0.1, 0.15) is 36.8 Å². The van der Waals surface area contributed by atoms with Crippen LogP contribution in [0.2, 0.25) is 0 Å². The van der Waals surface area contributed by atoms with E-state index < -0.39 is 5.82 Å². The predicted octanol–water partition coefficient (Wildman–Crippen LogP) is 4.18. The highest BCUT2D eigenvalue weighted by Gasteiger charge is 2.19. The van der Waals surface area contributed by atoms with Crippen LogP contribution in [0.4, 0.5) is 15.2 Å². The third-order valence-electron chi connectivity index (χ3n) is 2.82. The van der Waals surface area contributed by atoms with E-state index in [9.17, 15) is 9.18 Å². The Morgan fingerprint density at radius 1 is 1.43 bits per heavy atom. The van der Waals surface area contributed by atoms with Crippen LogP contribution in [0.5, 0.6) is 0 Å². The fourth-order valence-electron chi connectivity index (χ4n) is 1.58. The van der Waals surface area contributed by atoms with Gasteiger partial charge in [0.05, 0.1) is 16.9 Å². The smallest absolute Gasteiger partial charge is 0.258 e. The third kappa shape index (κ3) is 3.59.